The van der Waals surface area contributed by atoms with Crippen LogP contribution in [-0.2, 0) is 4.79 Å². The minimum Gasteiger partial charge on any atom is -0.480 e. The lowest BCUT2D eigenvalue weighted by Gasteiger charge is -2.13. The van der Waals surface area contributed by atoms with E-state index in [-0.39, 0.29) is 5.95 Å². The molecule has 0 radical (unpaired) electrons. The number of carboxylic acid groups (broad SMARTS) is 1. The van der Waals surface area contributed by atoms with Crippen LogP contribution in [0.4, 0.5) is 10.7 Å². The molecule has 17 heavy (non-hydrogen) atoms. The fourth-order valence-corrected chi connectivity index (χ4v) is 1.15. The van der Waals surface area contributed by atoms with Crippen molar-refractivity contribution in [3.05, 3.63) is 12.4 Å². The number of carbonyl (C=O) groups is 2. The van der Waals surface area contributed by atoms with Crippen LogP contribution in [0, 0.1) is 0 Å². The van der Waals surface area contributed by atoms with Crippen LogP contribution in [0.5, 0.6) is 0 Å². The predicted octanol–water partition coefficient (Wildman–Crippen LogP) is 0.246. The van der Waals surface area contributed by atoms with E-state index in [9.17, 15) is 9.59 Å². The van der Waals surface area contributed by atoms with Crippen molar-refractivity contribution in [1.82, 2.24) is 20.5 Å². The molecule has 1 atom stereocenters. The third-order valence-corrected chi connectivity index (χ3v) is 1.89. The Bertz CT molecular complexity index is 383. The summed E-state index contributed by atoms with van der Waals surface area (Å²) in [4.78, 5) is 25.9. The van der Waals surface area contributed by atoms with Crippen LogP contribution in [0.3, 0.4) is 0 Å². The Kier molecular flexibility index (Phi) is 4.79. The van der Waals surface area contributed by atoms with Gasteiger partial charge in [-0.25, -0.2) is 14.6 Å². The van der Waals surface area contributed by atoms with Gasteiger partial charge in [0.2, 0.25) is 0 Å². The normalized spacial score (nSPS) is 11.6. The van der Waals surface area contributed by atoms with Crippen molar-refractivity contribution in [3.8, 4) is 0 Å². The third-order valence-electron chi connectivity index (χ3n) is 1.89. The van der Waals surface area contributed by atoms with Crippen molar-refractivity contribution >= 4 is 17.9 Å². The average molecular weight is 239 g/mol. The maximum absolute atomic E-state index is 11.4. The minimum absolute atomic E-state index is 0.0191. The Hall–Kier alpha value is -2.25. The third kappa shape index (κ3) is 4.41. The largest absolute Gasteiger partial charge is 0.480 e. The molecule has 0 aromatic carbocycles. The fourth-order valence-electron chi connectivity index (χ4n) is 1.15. The van der Waals surface area contributed by atoms with Gasteiger partial charge in [0.15, 0.2) is 0 Å². The standard InChI is InChI=1S/C9H13N5O3/c1-2-3-6(7(15)16)12-9(17)13-8-10-4-5-11-14-8/h4-6H,2-3H2,1H3,(H,15,16)(H2,10,12,13,14,17)/t6-/m1/s1. The van der Waals surface area contributed by atoms with Gasteiger partial charge in [-0.2, -0.15) is 5.10 Å². The lowest BCUT2D eigenvalue weighted by Crippen LogP contribution is -2.43. The van der Waals surface area contributed by atoms with Crippen LogP contribution in [0.15, 0.2) is 12.4 Å². The number of aromatic nitrogens is 3. The van der Waals surface area contributed by atoms with E-state index in [1.54, 1.807) is 0 Å². The van der Waals surface area contributed by atoms with E-state index in [2.05, 4.69) is 25.8 Å². The summed E-state index contributed by atoms with van der Waals surface area (Å²) in [5.41, 5.74) is 0. The molecule has 0 fully saturated rings. The van der Waals surface area contributed by atoms with Gasteiger partial charge in [-0.3, -0.25) is 5.32 Å². The number of aliphatic carboxylic acids is 1. The number of hydrogen-bond donors (Lipinski definition) is 3. The molecule has 1 aromatic rings. The number of hydrogen-bond acceptors (Lipinski definition) is 5. The summed E-state index contributed by atoms with van der Waals surface area (Å²) in [5, 5.41) is 20.5. The van der Waals surface area contributed by atoms with Gasteiger partial charge in [0.05, 0.1) is 12.4 Å². The van der Waals surface area contributed by atoms with E-state index in [0.29, 0.717) is 12.8 Å². The molecule has 0 saturated heterocycles. The summed E-state index contributed by atoms with van der Waals surface area (Å²) in [5.74, 6) is -1.06. The van der Waals surface area contributed by atoms with Crippen molar-refractivity contribution in [1.29, 1.82) is 0 Å². The number of urea groups is 1. The van der Waals surface area contributed by atoms with E-state index in [4.69, 9.17) is 5.11 Å². The first-order valence-electron chi connectivity index (χ1n) is 5.07. The maximum Gasteiger partial charge on any atom is 0.326 e. The number of amides is 2. The molecule has 0 aliphatic rings. The first kappa shape index (κ1) is 12.8. The van der Waals surface area contributed by atoms with Gasteiger partial charge < -0.3 is 10.4 Å². The Morgan fingerprint density at radius 1 is 1.47 bits per heavy atom. The van der Waals surface area contributed by atoms with Crippen LogP contribution in [0.25, 0.3) is 0 Å². The summed E-state index contributed by atoms with van der Waals surface area (Å²) in [6.45, 7) is 1.83. The highest BCUT2D eigenvalue weighted by Gasteiger charge is 2.18. The molecule has 1 aromatic heterocycles. The van der Waals surface area contributed by atoms with Crippen LogP contribution < -0.4 is 10.6 Å². The topological polar surface area (TPSA) is 117 Å². The summed E-state index contributed by atoms with van der Waals surface area (Å²) in [6.07, 6.45) is 3.74. The van der Waals surface area contributed by atoms with Crippen molar-refractivity contribution in [2.45, 2.75) is 25.8 Å². The Morgan fingerprint density at radius 2 is 2.24 bits per heavy atom. The van der Waals surface area contributed by atoms with E-state index in [0.717, 1.165) is 0 Å². The number of nitrogens with one attached hydrogen (secondary N) is 2. The molecule has 2 amide bonds. The minimum atomic E-state index is -1.07. The second-order valence-corrected chi connectivity index (χ2v) is 3.24. The summed E-state index contributed by atoms with van der Waals surface area (Å²) in [6, 6.07) is -1.59. The lowest BCUT2D eigenvalue weighted by atomic mass is 10.2. The molecule has 8 heteroatoms. The number of rotatable bonds is 5. The predicted molar refractivity (Wildman–Crippen MR) is 58.3 cm³/mol. The van der Waals surface area contributed by atoms with Gasteiger partial charge in [0.1, 0.15) is 6.04 Å². The van der Waals surface area contributed by atoms with Crippen LogP contribution in [-0.4, -0.2) is 38.3 Å². The van der Waals surface area contributed by atoms with E-state index < -0.39 is 18.0 Å². The monoisotopic (exact) mass is 239 g/mol. The summed E-state index contributed by atoms with van der Waals surface area (Å²) >= 11 is 0. The molecule has 92 valence electrons. The molecule has 1 rings (SSSR count). The Morgan fingerprint density at radius 3 is 2.76 bits per heavy atom. The molecule has 0 aliphatic carbocycles. The molecule has 0 aliphatic heterocycles. The maximum atomic E-state index is 11.4. The molecular formula is C9H13N5O3. The second-order valence-electron chi connectivity index (χ2n) is 3.24. The molecule has 0 unspecified atom stereocenters. The second kappa shape index (κ2) is 6.36. The molecule has 0 bridgehead atoms. The van der Waals surface area contributed by atoms with Gasteiger partial charge in [-0.1, -0.05) is 13.3 Å². The van der Waals surface area contributed by atoms with E-state index >= 15 is 0 Å². The van der Waals surface area contributed by atoms with E-state index in [1.165, 1.54) is 12.4 Å². The molecule has 0 spiro atoms. The zero-order valence-corrected chi connectivity index (χ0v) is 9.25. The summed E-state index contributed by atoms with van der Waals surface area (Å²) in [7, 11) is 0. The van der Waals surface area contributed by atoms with Gasteiger partial charge in [-0.05, 0) is 6.42 Å². The Balaban J connectivity index is 2.51. The van der Waals surface area contributed by atoms with Crippen LogP contribution >= 0.6 is 0 Å². The Labute approximate surface area is 97.5 Å². The van der Waals surface area contributed by atoms with Crippen LogP contribution in [0.2, 0.25) is 0 Å². The molecule has 1 heterocycles. The molecule has 8 nitrogen and oxygen atoms in total. The van der Waals surface area contributed by atoms with Gasteiger partial charge in [0.25, 0.3) is 5.95 Å². The van der Waals surface area contributed by atoms with Gasteiger partial charge in [0, 0.05) is 0 Å². The van der Waals surface area contributed by atoms with Crippen molar-refractivity contribution in [2.75, 3.05) is 5.32 Å². The zero-order chi connectivity index (χ0) is 12.7. The number of carboxylic acids is 1. The number of nitrogens with zero attached hydrogens (tertiary/aromatic N) is 3. The molecule has 3 N–H and O–H groups in total. The molecule has 0 saturated carbocycles. The highest BCUT2D eigenvalue weighted by atomic mass is 16.4. The fraction of sp³-hybridized carbons (Fsp3) is 0.444. The van der Waals surface area contributed by atoms with Crippen molar-refractivity contribution in [2.24, 2.45) is 0 Å². The smallest absolute Gasteiger partial charge is 0.326 e. The average Bonchev–Trinajstić information content (AvgIpc) is 2.29. The lowest BCUT2D eigenvalue weighted by molar-refractivity contribution is -0.139. The van der Waals surface area contributed by atoms with Crippen LogP contribution in [0.1, 0.15) is 19.8 Å². The molecular weight excluding hydrogens is 226 g/mol. The SMILES string of the molecule is CCC[C@@H](NC(=O)Nc1nccnn1)C(=O)O. The quantitative estimate of drug-likeness (QED) is 0.677. The first-order chi connectivity index (χ1) is 8.13. The zero-order valence-electron chi connectivity index (χ0n) is 9.25. The number of anilines is 1. The first-order valence-corrected chi connectivity index (χ1v) is 5.07. The van der Waals surface area contributed by atoms with Gasteiger partial charge in [-0.15, -0.1) is 5.10 Å². The van der Waals surface area contributed by atoms with Crippen molar-refractivity contribution in [3.63, 3.8) is 0 Å². The van der Waals surface area contributed by atoms with Crippen molar-refractivity contribution < 1.29 is 14.7 Å². The number of carbonyl (C=O) groups excluding carboxylic acids is 1. The van der Waals surface area contributed by atoms with Gasteiger partial charge >= 0.3 is 12.0 Å². The highest BCUT2D eigenvalue weighted by molar-refractivity contribution is 5.90. The van der Waals surface area contributed by atoms with E-state index in [1.807, 2.05) is 6.92 Å². The summed E-state index contributed by atoms with van der Waals surface area (Å²) < 4.78 is 0. The highest BCUT2D eigenvalue weighted by Crippen LogP contribution is 1.98.